The van der Waals surface area contributed by atoms with Crippen LogP contribution in [0.25, 0.3) is 0 Å². The van der Waals surface area contributed by atoms with E-state index in [9.17, 15) is 19.8 Å². The number of carbonyl (C=O) groups excluding carboxylic acids is 2. The van der Waals surface area contributed by atoms with Crippen molar-refractivity contribution in [1.29, 1.82) is 0 Å². The molecule has 2 atom stereocenters. The molecule has 0 radical (unpaired) electrons. The molecule has 0 aliphatic carbocycles. The molecular formula is C68H133NO5. The van der Waals surface area contributed by atoms with Gasteiger partial charge in [0, 0.05) is 12.8 Å². The summed E-state index contributed by atoms with van der Waals surface area (Å²) in [6.07, 6.45) is 78.5. The summed E-state index contributed by atoms with van der Waals surface area (Å²) in [5.41, 5.74) is 0. The van der Waals surface area contributed by atoms with E-state index >= 15 is 0 Å². The molecule has 0 heterocycles. The number of esters is 1. The topological polar surface area (TPSA) is 95.9 Å². The maximum Gasteiger partial charge on any atom is 0.305 e. The van der Waals surface area contributed by atoms with Gasteiger partial charge in [-0.05, 0) is 32.1 Å². The smallest absolute Gasteiger partial charge is 0.305 e. The van der Waals surface area contributed by atoms with Crippen molar-refractivity contribution in [2.75, 3.05) is 13.2 Å². The molecule has 0 bridgehead atoms. The Balaban J connectivity index is 3.35. The maximum absolute atomic E-state index is 12.5. The molecule has 0 saturated heterocycles. The Morgan fingerprint density at radius 1 is 0.365 bits per heavy atom. The summed E-state index contributed by atoms with van der Waals surface area (Å²) >= 11 is 0. The third kappa shape index (κ3) is 59.8. The summed E-state index contributed by atoms with van der Waals surface area (Å²) < 4.78 is 5.50. The number of aliphatic hydroxyl groups is 2. The van der Waals surface area contributed by atoms with Crippen molar-refractivity contribution in [3.63, 3.8) is 0 Å². The van der Waals surface area contributed by atoms with Crippen molar-refractivity contribution in [3.05, 3.63) is 12.2 Å². The number of allylic oxidation sites excluding steroid dienone is 1. The second-order valence-corrected chi connectivity index (χ2v) is 23.5. The van der Waals surface area contributed by atoms with Crippen LogP contribution >= 0.6 is 0 Å². The molecular weight excluding hydrogens is 911 g/mol. The van der Waals surface area contributed by atoms with Crippen molar-refractivity contribution < 1.29 is 24.5 Å². The molecule has 440 valence electrons. The Morgan fingerprint density at radius 2 is 0.622 bits per heavy atom. The van der Waals surface area contributed by atoms with Gasteiger partial charge < -0.3 is 20.3 Å². The molecule has 0 fully saturated rings. The third-order valence-corrected chi connectivity index (χ3v) is 16.1. The minimum Gasteiger partial charge on any atom is -0.466 e. The monoisotopic (exact) mass is 1040 g/mol. The summed E-state index contributed by atoms with van der Waals surface area (Å²) in [5, 5.41) is 23.2. The van der Waals surface area contributed by atoms with Crippen molar-refractivity contribution >= 4 is 11.9 Å². The van der Waals surface area contributed by atoms with Crippen molar-refractivity contribution in [2.45, 2.75) is 398 Å². The lowest BCUT2D eigenvalue weighted by Crippen LogP contribution is -2.45. The molecule has 0 aliphatic heterocycles. The van der Waals surface area contributed by atoms with Gasteiger partial charge in [0.15, 0.2) is 0 Å². The van der Waals surface area contributed by atoms with Crippen LogP contribution in [0.1, 0.15) is 386 Å². The highest BCUT2D eigenvalue weighted by Gasteiger charge is 2.18. The number of hydrogen-bond acceptors (Lipinski definition) is 5. The highest BCUT2D eigenvalue weighted by Crippen LogP contribution is 2.19. The number of rotatable bonds is 64. The van der Waals surface area contributed by atoms with Gasteiger partial charge in [0.1, 0.15) is 0 Å². The lowest BCUT2D eigenvalue weighted by Gasteiger charge is -2.20. The number of amides is 1. The van der Waals surface area contributed by atoms with Gasteiger partial charge in [0.25, 0.3) is 0 Å². The number of nitrogens with one attached hydrogen (secondary N) is 1. The average molecular weight is 1040 g/mol. The highest BCUT2D eigenvalue weighted by molar-refractivity contribution is 5.76. The van der Waals surface area contributed by atoms with Crippen LogP contribution in [0.15, 0.2) is 12.2 Å². The van der Waals surface area contributed by atoms with Crippen molar-refractivity contribution in [2.24, 2.45) is 0 Å². The molecule has 3 N–H and O–H groups in total. The van der Waals surface area contributed by atoms with Gasteiger partial charge in [-0.3, -0.25) is 9.59 Å². The van der Waals surface area contributed by atoms with Crippen LogP contribution in [-0.4, -0.2) is 47.4 Å². The van der Waals surface area contributed by atoms with Crippen LogP contribution in [0.5, 0.6) is 0 Å². The van der Waals surface area contributed by atoms with Crippen molar-refractivity contribution in [1.82, 2.24) is 5.32 Å². The molecule has 0 rings (SSSR count). The zero-order chi connectivity index (χ0) is 53.6. The van der Waals surface area contributed by atoms with E-state index in [1.807, 2.05) is 6.08 Å². The number of hydrogen-bond donors (Lipinski definition) is 3. The van der Waals surface area contributed by atoms with Crippen LogP contribution in [-0.2, 0) is 14.3 Å². The molecule has 6 heteroatoms. The molecule has 0 aliphatic rings. The number of carbonyl (C=O) groups is 2. The average Bonchev–Trinajstić information content (AvgIpc) is 3.40. The second kappa shape index (κ2) is 64.1. The first-order chi connectivity index (χ1) is 36.5. The molecule has 0 aromatic carbocycles. The highest BCUT2D eigenvalue weighted by atomic mass is 16.5. The fourth-order valence-corrected chi connectivity index (χ4v) is 10.9. The Morgan fingerprint density at radius 3 is 0.919 bits per heavy atom. The Kier molecular flexibility index (Phi) is 62.9. The van der Waals surface area contributed by atoms with Gasteiger partial charge >= 0.3 is 5.97 Å². The summed E-state index contributed by atoms with van der Waals surface area (Å²) in [6.45, 7) is 4.94. The van der Waals surface area contributed by atoms with Crippen LogP contribution in [0.3, 0.4) is 0 Å². The van der Waals surface area contributed by atoms with Crippen molar-refractivity contribution in [3.8, 4) is 0 Å². The molecule has 74 heavy (non-hydrogen) atoms. The Bertz CT molecular complexity index is 1110. The van der Waals surface area contributed by atoms with Gasteiger partial charge in [-0.25, -0.2) is 0 Å². The molecule has 0 aromatic heterocycles. The fraction of sp³-hybridized carbons (Fsp3) is 0.941. The summed E-state index contributed by atoms with van der Waals surface area (Å²) in [5.74, 6) is -0.0418. The lowest BCUT2D eigenvalue weighted by molar-refractivity contribution is -0.143. The van der Waals surface area contributed by atoms with Crippen LogP contribution in [0, 0.1) is 0 Å². The molecule has 0 spiro atoms. The van der Waals surface area contributed by atoms with Gasteiger partial charge in [0.05, 0.1) is 25.4 Å². The second-order valence-electron chi connectivity index (χ2n) is 23.5. The van der Waals surface area contributed by atoms with E-state index in [0.29, 0.717) is 19.4 Å². The van der Waals surface area contributed by atoms with Crippen LogP contribution in [0.4, 0.5) is 0 Å². The van der Waals surface area contributed by atoms with E-state index in [2.05, 4.69) is 19.2 Å². The van der Waals surface area contributed by atoms with Crippen LogP contribution in [0.2, 0.25) is 0 Å². The zero-order valence-corrected chi connectivity index (χ0v) is 50.4. The Labute approximate surface area is 463 Å². The summed E-state index contributed by atoms with van der Waals surface area (Å²) in [4.78, 5) is 24.6. The van der Waals surface area contributed by atoms with E-state index in [4.69, 9.17) is 4.74 Å². The first-order valence-corrected chi connectivity index (χ1v) is 34.0. The van der Waals surface area contributed by atoms with E-state index in [1.165, 1.54) is 321 Å². The minimum atomic E-state index is -0.842. The predicted molar refractivity (Wildman–Crippen MR) is 324 cm³/mol. The van der Waals surface area contributed by atoms with E-state index in [-0.39, 0.29) is 18.5 Å². The summed E-state index contributed by atoms with van der Waals surface area (Å²) in [7, 11) is 0. The standard InChI is InChI=1S/C68H133NO5/c1-3-5-7-9-11-13-15-17-19-34-38-42-46-50-54-58-62-68(73)74-63-59-55-51-47-43-39-35-31-29-27-25-23-21-20-22-24-26-28-30-33-37-41-45-49-53-57-61-67(72)69-65(64-70)66(71)60-56-52-48-44-40-36-32-18-16-14-12-10-8-6-4-2/h56,60,65-66,70-71H,3-55,57-59,61-64H2,1-2H3,(H,69,72)/b60-56+. The van der Waals surface area contributed by atoms with Gasteiger partial charge in [-0.2, -0.15) is 0 Å². The maximum atomic E-state index is 12.5. The number of aliphatic hydroxyl groups excluding tert-OH is 2. The van der Waals surface area contributed by atoms with Crippen LogP contribution < -0.4 is 5.32 Å². The SMILES string of the molecule is CCCCCCCCCCCCCCC/C=C/C(O)C(CO)NC(=O)CCCCCCCCCCCCCCCCCCCCCCCCCCCCOC(=O)CCCCCCCCCCCCCCCCCC. The Hall–Kier alpha value is -1.40. The zero-order valence-electron chi connectivity index (χ0n) is 50.4. The van der Waals surface area contributed by atoms with E-state index < -0.39 is 12.1 Å². The fourth-order valence-electron chi connectivity index (χ4n) is 10.9. The lowest BCUT2D eigenvalue weighted by atomic mass is 10.0. The first-order valence-electron chi connectivity index (χ1n) is 34.0. The predicted octanol–water partition coefficient (Wildman–Crippen LogP) is 21.6. The van der Waals surface area contributed by atoms with Gasteiger partial charge in [-0.15, -0.1) is 0 Å². The normalized spacial score (nSPS) is 12.5. The number of ether oxygens (including phenoxy) is 1. The van der Waals surface area contributed by atoms with E-state index in [0.717, 1.165) is 38.5 Å². The molecule has 1 amide bonds. The van der Waals surface area contributed by atoms with E-state index in [1.54, 1.807) is 6.08 Å². The molecule has 6 nitrogen and oxygen atoms in total. The molecule has 0 saturated carbocycles. The van der Waals surface area contributed by atoms with Gasteiger partial charge in [-0.1, -0.05) is 353 Å². The third-order valence-electron chi connectivity index (χ3n) is 16.1. The number of unbranched alkanes of at least 4 members (excludes halogenated alkanes) is 53. The first kappa shape index (κ1) is 72.6. The minimum absolute atomic E-state index is 0.0212. The molecule has 0 aromatic rings. The largest absolute Gasteiger partial charge is 0.466 e. The quantitative estimate of drug-likeness (QED) is 0.0320. The van der Waals surface area contributed by atoms with Gasteiger partial charge in [0.2, 0.25) is 5.91 Å². The molecule has 2 unspecified atom stereocenters. The summed E-state index contributed by atoms with van der Waals surface area (Å²) in [6, 6.07) is -0.625.